The van der Waals surface area contributed by atoms with Crippen molar-refractivity contribution in [3.05, 3.63) is 46.6 Å². The van der Waals surface area contributed by atoms with Gasteiger partial charge in [0, 0.05) is 45.1 Å². The minimum absolute atomic E-state index is 0.0952. The molecule has 1 amide bonds. The molecule has 0 fully saturated rings. The van der Waals surface area contributed by atoms with Gasteiger partial charge in [-0.05, 0) is 31.2 Å². The lowest BCUT2D eigenvalue weighted by molar-refractivity contribution is -0.134. The third-order valence-electron chi connectivity index (χ3n) is 4.53. The van der Waals surface area contributed by atoms with Crippen molar-refractivity contribution in [2.24, 2.45) is 0 Å². The molecule has 1 heterocycles. The second kappa shape index (κ2) is 9.43. The van der Waals surface area contributed by atoms with Crippen LogP contribution in [0.25, 0.3) is 22.3 Å². The lowest BCUT2D eigenvalue weighted by Gasteiger charge is -2.14. The average molecular weight is 455 g/mol. The van der Waals surface area contributed by atoms with Gasteiger partial charge in [0.25, 0.3) is 0 Å². The normalized spacial score (nSPS) is 10.5. The highest BCUT2D eigenvalue weighted by Crippen LogP contribution is 2.43. The molecule has 172 valence electrons. The number of rotatable bonds is 5. The summed E-state index contributed by atoms with van der Waals surface area (Å²) in [5.41, 5.74) is -0.214. The van der Waals surface area contributed by atoms with E-state index < -0.39 is 40.7 Å². The van der Waals surface area contributed by atoms with Crippen LogP contribution in [0.2, 0.25) is 0 Å². The first-order valence-corrected chi connectivity index (χ1v) is 9.84. The summed E-state index contributed by atoms with van der Waals surface area (Å²) >= 11 is 0. The zero-order chi connectivity index (χ0) is 24.3. The van der Waals surface area contributed by atoms with Crippen molar-refractivity contribution in [2.75, 3.05) is 13.6 Å². The van der Waals surface area contributed by atoms with E-state index in [1.54, 1.807) is 19.2 Å². The van der Waals surface area contributed by atoms with Gasteiger partial charge in [-0.25, -0.2) is 4.79 Å². The number of carbonyl (C=O) groups excluding carboxylic acids is 3. The quantitative estimate of drug-likeness (QED) is 0.453. The Hall–Kier alpha value is -4.34. The Morgan fingerprint density at radius 3 is 2.15 bits per heavy atom. The molecule has 0 bridgehead atoms. The van der Waals surface area contributed by atoms with E-state index in [4.69, 9.17) is 18.6 Å². The Bertz CT molecular complexity index is 1290. The number of phenolic OH excluding ortho intramolecular Hbond substituents is 1. The molecule has 0 aliphatic heterocycles. The third kappa shape index (κ3) is 5.12. The zero-order valence-electron chi connectivity index (χ0n) is 18.3. The first-order valence-electron chi connectivity index (χ1n) is 9.84. The van der Waals surface area contributed by atoms with E-state index in [2.05, 4.69) is 0 Å². The van der Waals surface area contributed by atoms with Gasteiger partial charge in [0.2, 0.25) is 5.75 Å². The van der Waals surface area contributed by atoms with E-state index in [1.165, 1.54) is 17.0 Å². The van der Waals surface area contributed by atoms with Crippen molar-refractivity contribution >= 4 is 29.0 Å². The predicted octanol–water partition coefficient (Wildman–Crippen LogP) is 3.47. The van der Waals surface area contributed by atoms with Gasteiger partial charge in [-0.2, -0.15) is 0 Å². The van der Waals surface area contributed by atoms with Crippen molar-refractivity contribution in [3.63, 3.8) is 0 Å². The van der Waals surface area contributed by atoms with Gasteiger partial charge >= 0.3 is 18.0 Å². The van der Waals surface area contributed by atoms with Gasteiger partial charge in [0.15, 0.2) is 16.9 Å². The monoisotopic (exact) mass is 455 g/mol. The maximum absolute atomic E-state index is 12.9. The van der Waals surface area contributed by atoms with Crippen molar-refractivity contribution < 1.29 is 38.1 Å². The molecular formula is C23H21NO9. The van der Waals surface area contributed by atoms with Gasteiger partial charge in [0.05, 0.1) is 0 Å². The van der Waals surface area contributed by atoms with E-state index in [0.29, 0.717) is 17.9 Å². The fraction of sp³-hybridized carbons (Fsp3) is 0.217. The molecule has 3 rings (SSSR count). The van der Waals surface area contributed by atoms with Crippen LogP contribution in [0, 0.1) is 0 Å². The summed E-state index contributed by atoms with van der Waals surface area (Å²) in [6, 6.07) is 8.48. The van der Waals surface area contributed by atoms with E-state index in [-0.39, 0.29) is 16.7 Å². The molecule has 0 atom stereocenters. The summed E-state index contributed by atoms with van der Waals surface area (Å²) in [4.78, 5) is 49.1. The third-order valence-corrected chi connectivity index (χ3v) is 4.53. The van der Waals surface area contributed by atoms with Gasteiger partial charge in [-0.1, -0.05) is 0 Å². The molecule has 2 aromatic carbocycles. The second-order valence-electron chi connectivity index (χ2n) is 7.00. The van der Waals surface area contributed by atoms with Gasteiger partial charge in [0.1, 0.15) is 22.5 Å². The molecular weight excluding hydrogens is 434 g/mol. The van der Waals surface area contributed by atoms with Gasteiger partial charge < -0.3 is 28.6 Å². The van der Waals surface area contributed by atoms with E-state index in [1.807, 2.05) is 6.92 Å². The Morgan fingerprint density at radius 2 is 1.58 bits per heavy atom. The first-order chi connectivity index (χ1) is 15.6. The Labute approximate surface area is 187 Å². The van der Waals surface area contributed by atoms with Crippen LogP contribution in [0.15, 0.2) is 45.6 Å². The summed E-state index contributed by atoms with van der Waals surface area (Å²) in [6.45, 7) is 4.48. The summed E-state index contributed by atoms with van der Waals surface area (Å²) < 4.78 is 21.0. The summed E-state index contributed by atoms with van der Waals surface area (Å²) in [6.07, 6.45) is -0.514. The molecule has 1 N–H and O–H groups in total. The van der Waals surface area contributed by atoms with Crippen LogP contribution in [0.3, 0.4) is 0 Å². The number of amides is 1. The number of nitrogens with zero attached hydrogens (tertiary/aromatic N) is 1. The van der Waals surface area contributed by atoms with Crippen molar-refractivity contribution in [1.29, 1.82) is 0 Å². The van der Waals surface area contributed by atoms with Crippen LogP contribution in [-0.2, 0) is 9.59 Å². The first kappa shape index (κ1) is 23.3. The maximum atomic E-state index is 12.9. The average Bonchev–Trinajstić information content (AvgIpc) is 2.75. The molecule has 0 spiro atoms. The highest BCUT2D eigenvalue weighted by atomic mass is 16.6. The van der Waals surface area contributed by atoms with Crippen LogP contribution in [0.4, 0.5) is 4.79 Å². The number of esters is 2. The number of carbonyl (C=O) groups is 3. The van der Waals surface area contributed by atoms with E-state index in [0.717, 1.165) is 26.0 Å². The number of hydrogen-bond donors (Lipinski definition) is 1. The number of aromatic hydroxyl groups is 1. The van der Waals surface area contributed by atoms with Gasteiger partial charge in [-0.3, -0.25) is 14.4 Å². The maximum Gasteiger partial charge on any atom is 0.414 e. The minimum Gasteiger partial charge on any atom is -0.504 e. The topological polar surface area (TPSA) is 133 Å². The Balaban J connectivity index is 2.06. The lowest BCUT2D eigenvalue weighted by Crippen LogP contribution is -2.29. The standard InChI is InChI=1S/C23H21NO9/c1-5-24(4)23(29)32-15-8-6-14(7-9-15)18-10-16(27)20-19(33-18)11-17(28)21(30-12(2)25)22(20)31-13(3)26/h6-11,28H,5H2,1-4H3. The molecule has 3 aromatic rings. The van der Waals surface area contributed by atoms with Crippen LogP contribution in [-0.4, -0.2) is 41.6 Å². The summed E-state index contributed by atoms with van der Waals surface area (Å²) in [5.74, 6) is -2.58. The largest absolute Gasteiger partial charge is 0.504 e. The fourth-order valence-electron chi connectivity index (χ4n) is 2.88. The molecule has 0 saturated carbocycles. The summed E-state index contributed by atoms with van der Waals surface area (Å²) in [5, 5.41) is 10.1. The van der Waals surface area contributed by atoms with E-state index >= 15 is 0 Å². The van der Waals surface area contributed by atoms with Crippen LogP contribution >= 0.6 is 0 Å². The molecule has 10 nitrogen and oxygen atoms in total. The molecule has 10 heteroatoms. The van der Waals surface area contributed by atoms with Crippen LogP contribution in [0.5, 0.6) is 23.0 Å². The highest BCUT2D eigenvalue weighted by Gasteiger charge is 2.23. The molecule has 0 aliphatic carbocycles. The van der Waals surface area contributed by atoms with E-state index in [9.17, 15) is 24.3 Å². The van der Waals surface area contributed by atoms with Crippen molar-refractivity contribution in [2.45, 2.75) is 20.8 Å². The van der Waals surface area contributed by atoms with Crippen molar-refractivity contribution in [3.8, 4) is 34.3 Å². The fourth-order valence-corrected chi connectivity index (χ4v) is 2.88. The molecule has 0 radical (unpaired) electrons. The van der Waals surface area contributed by atoms with Crippen LogP contribution < -0.4 is 19.6 Å². The smallest absolute Gasteiger partial charge is 0.414 e. The Morgan fingerprint density at radius 1 is 0.970 bits per heavy atom. The minimum atomic E-state index is -0.794. The van der Waals surface area contributed by atoms with Gasteiger partial charge in [-0.15, -0.1) is 0 Å². The predicted molar refractivity (Wildman–Crippen MR) is 117 cm³/mol. The number of phenols is 1. The SMILES string of the molecule is CCN(C)C(=O)Oc1ccc(-c2cc(=O)c3c(OC(C)=O)c(OC(C)=O)c(O)cc3o2)cc1. The second-order valence-corrected chi connectivity index (χ2v) is 7.00. The molecule has 0 saturated heterocycles. The molecule has 33 heavy (non-hydrogen) atoms. The van der Waals surface area contributed by atoms with Crippen LogP contribution in [0.1, 0.15) is 20.8 Å². The number of hydrogen-bond acceptors (Lipinski definition) is 9. The number of benzene rings is 2. The summed E-state index contributed by atoms with van der Waals surface area (Å²) in [7, 11) is 1.60. The molecule has 0 aliphatic rings. The number of ether oxygens (including phenoxy) is 3. The Kier molecular flexibility index (Phi) is 6.67. The molecule has 0 unspecified atom stereocenters. The zero-order valence-corrected chi connectivity index (χ0v) is 18.3. The number of fused-ring (bicyclic) bond motifs is 1. The molecule has 1 aromatic heterocycles. The lowest BCUT2D eigenvalue weighted by atomic mass is 10.1. The highest BCUT2D eigenvalue weighted by molar-refractivity contribution is 5.93. The van der Waals surface area contributed by atoms with Crippen molar-refractivity contribution in [1.82, 2.24) is 4.90 Å².